The summed E-state index contributed by atoms with van der Waals surface area (Å²) < 4.78 is 22.6. The first kappa shape index (κ1) is 19.5. The van der Waals surface area contributed by atoms with Crippen molar-refractivity contribution in [3.05, 3.63) is 63.0 Å². The zero-order valence-corrected chi connectivity index (χ0v) is 16.8. The summed E-state index contributed by atoms with van der Waals surface area (Å²) in [5.74, 6) is -0.527. The van der Waals surface area contributed by atoms with E-state index in [1.165, 1.54) is 21.5 Å². The van der Waals surface area contributed by atoms with Gasteiger partial charge in [0.05, 0.1) is 42.5 Å². The smallest absolute Gasteiger partial charge is 0.269 e. The van der Waals surface area contributed by atoms with Gasteiger partial charge in [-0.2, -0.15) is 5.10 Å². The van der Waals surface area contributed by atoms with Gasteiger partial charge in [0.2, 0.25) is 0 Å². The molecule has 1 fully saturated rings. The van der Waals surface area contributed by atoms with E-state index in [-0.39, 0.29) is 28.9 Å². The molecule has 0 N–H and O–H groups in total. The van der Waals surface area contributed by atoms with E-state index >= 15 is 0 Å². The van der Waals surface area contributed by atoms with Crippen molar-refractivity contribution in [1.82, 2.24) is 24.8 Å². The number of morpholine rings is 1. The maximum Gasteiger partial charge on any atom is 0.269 e. The minimum atomic E-state index is -0.527. The molecule has 3 aromatic rings. The number of aromatic nitrogens is 5. The highest BCUT2D eigenvalue weighted by atomic mass is 35.5. The van der Waals surface area contributed by atoms with Crippen LogP contribution in [0.5, 0.6) is 0 Å². The quantitative estimate of drug-likeness (QED) is 0.646. The second kappa shape index (κ2) is 7.92. The van der Waals surface area contributed by atoms with Gasteiger partial charge in [-0.15, -0.1) is 5.10 Å². The molecule has 10 heteroatoms. The zero-order valence-electron chi connectivity index (χ0n) is 16.0. The van der Waals surface area contributed by atoms with Crippen molar-refractivity contribution >= 4 is 17.3 Å². The predicted octanol–water partition coefficient (Wildman–Crippen LogP) is 2.20. The van der Waals surface area contributed by atoms with E-state index in [0.717, 1.165) is 5.69 Å². The van der Waals surface area contributed by atoms with Gasteiger partial charge in [-0.25, -0.2) is 13.8 Å². The third-order valence-corrected chi connectivity index (χ3v) is 5.09. The van der Waals surface area contributed by atoms with Crippen LogP contribution in [0.15, 0.2) is 35.3 Å². The van der Waals surface area contributed by atoms with Gasteiger partial charge in [-0.1, -0.05) is 16.8 Å². The number of ether oxygens (including phenoxy) is 1. The van der Waals surface area contributed by atoms with Crippen LogP contribution in [0.1, 0.15) is 18.3 Å². The molecule has 152 valence electrons. The highest BCUT2D eigenvalue weighted by molar-refractivity contribution is 6.30. The average Bonchev–Trinajstić information content (AvgIpc) is 3.04. The van der Waals surface area contributed by atoms with Crippen LogP contribution in [0.25, 0.3) is 5.69 Å². The summed E-state index contributed by atoms with van der Waals surface area (Å²) in [6.07, 6.45) is 1.76. The summed E-state index contributed by atoms with van der Waals surface area (Å²) >= 11 is 5.84. The van der Waals surface area contributed by atoms with Gasteiger partial charge in [0.25, 0.3) is 5.56 Å². The molecule has 1 atom stereocenters. The Balaban J connectivity index is 1.63. The lowest BCUT2D eigenvalue weighted by molar-refractivity contribution is 0.0532. The minimum absolute atomic E-state index is 0.100. The Morgan fingerprint density at radius 2 is 2.17 bits per heavy atom. The standard InChI is InChI=1S/C19H20ClFN6O2/c1-12-10-25(5-6-29-12)15-8-19(28)26(22-9-15)11-18-13(2)23-24-27(18)17-4-3-14(20)7-16(17)21/h3-4,7-9,12H,5-6,10-11H2,1-2H3/t12-/m1/s1. The van der Waals surface area contributed by atoms with E-state index in [2.05, 4.69) is 20.3 Å². The van der Waals surface area contributed by atoms with Gasteiger partial charge in [-0.05, 0) is 32.0 Å². The lowest BCUT2D eigenvalue weighted by atomic mass is 10.2. The van der Waals surface area contributed by atoms with Crippen molar-refractivity contribution in [2.24, 2.45) is 0 Å². The number of rotatable bonds is 4. The first-order valence-corrected chi connectivity index (χ1v) is 9.60. The largest absolute Gasteiger partial charge is 0.375 e. The maximum atomic E-state index is 14.4. The summed E-state index contributed by atoms with van der Waals surface area (Å²) in [5.41, 5.74) is 1.85. The van der Waals surface area contributed by atoms with Crippen LogP contribution >= 0.6 is 11.6 Å². The fourth-order valence-electron chi connectivity index (χ4n) is 3.32. The second-order valence-corrected chi connectivity index (χ2v) is 7.40. The fraction of sp³-hybridized carbons (Fsp3) is 0.368. The Morgan fingerprint density at radius 3 is 2.90 bits per heavy atom. The van der Waals surface area contributed by atoms with Crippen molar-refractivity contribution in [3.63, 3.8) is 0 Å². The molecular formula is C19H20ClFN6O2. The van der Waals surface area contributed by atoms with Gasteiger partial charge in [-0.3, -0.25) is 4.79 Å². The summed E-state index contributed by atoms with van der Waals surface area (Å²) in [6.45, 7) is 5.88. The number of nitrogens with zero attached hydrogens (tertiary/aromatic N) is 6. The summed E-state index contributed by atoms with van der Waals surface area (Å²) in [6, 6.07) is 5.86. The number of hydrogen-bond donors (Lipinski definition) is 0. The van der Waals surface area contributed by atoms with Gasteiger partial charge in [0.1, 0.15) is 11.5 Å². The Kier molecular flexibility index (Phi) is 5.33. The van der Waals surface area contributed by atoms with Crippen LogP contribution in [0.3, 0.4) is 0 Å². The first-order chi connectivity index (χ1) is 13.9. The van der Waals surface area contributed by atoms with Crippen LogP contribution in [0.4, 0.5) is 10.1 Å². The highest BCUT2D eigenvalue weighted by Crippen LogP contribution is 2.20. The van der Waals surface area contributed by atoms with Crippen molar-refractivity contribution in [2.45, 2.75) is 26.5 Å². The van der Waals surface area contributed by atoms with Crippen LogP contribution < -0.4 is 10.5 Å². The fourth-order valence-corrected chi connectivity index (χ4v) is 3.47. The average molecular weight is 419 g/mol. The molecule has 1 saturated heterocycles. The second-order valence-electron chi connectivity index (χ2n) is 6.97. The van der Waals surface area contributed by atoms with Crippen molar-refractivity contribution in [3.8, 4) is 5.69 Å². The number of benzene rings is 1. The summed E-state index contributed by atoms with van der Waals surface area (Å²) in [4.78, 5) is 14.7. The Hall–Kier alpha value is -2.78. The van der Waals surface area contributed by atoms with Crippen LogP contribution in [0.2, 0.25) is 5.02 Å². The van der Waals surface area contributed by atoms with Gasteiger partial charge >= 0.3 is 0 Å². The van der Waals surface area contributed by atoms with E-state index in [1.54, 1.807) is 25.3 Å². The Bertz CT molecular complexity index is 1100. The Labute approximate surface area is 171 Å². The van der Waals surface area contributed by atoms with Gasteiger partial charge < -0.3 is 9.64 Å². The van der Waals surface area contributed by atoms with Crippen LogP contribution in [-0.4, -0.2) is 50.6 Å². The number of aryl methyl sites for hydroxylation is 1. The molecule has 0 bridgehead atoms. The zero-order chi connectivity index (χ0) is 20.5. The third kappa shape index (κ3) is 4.01. The molecule has 0 unspecified atom stereocenters. The van der Waals surface area contributed by atoms with Gasteiger partial charge in [0.15, 0.2) is 0 Å². The molecule has 1 aromatic carbocycles. The molecule has 3 heterocycles. The van der Waals surface area contributed by atoms with Gasteiger partial charge in [0, 0.05) is 24.2 Å². The molecule has 1 aliphatic rings. The van der Waals surface area contributed by atoms with E-state index in [9.17, 15) is 9.18 Å². The van der Waals surface area contributed by atoms with E-state index in [0.29, 0.717) is 31.1 Å². The lowest BCUT2D eigenvalue weighted by Crippen LogP contribution is -2.42. The molecule has 4 rings (SSSR count). The van der Waals surface area contributed by atoms with Crippen LogP contribution in [-0.2, 0) is 11.3 Å². The maximum absolute atomic E-state index is 14.4. The number of anilines is 1. The summed E-state index contributed by atoms with van der Waals surface area (Å²) in [7, 11) is 0. The molecule has 1 aliphatic heterocycles. The number of hydrogen-bond acceptors (Lipinski definition) is 6. The first-order valence-electron chi connectivity index (χ1n) is 9.22. The normalized spacial score (nSPS) is 17.0. The third-order valence-electron chi connectivity index (χ3n) is 4.86. The lowest BCUT2D eigenvalue weighted by Gasteiger charge is -2.32. The Morgan fingerprint density at radius 1 is 1.34 bits per heavy atom. The molecular weight excluding hydrogens is 399 g/mol. The van der Waals surface area contributed by atoms with E-state index in [4.69, 9.17) is 16.3 Å². The molecule has 2 aromatic heterocycles. The monoisotopic (exact) mass is 418 g/mol. The molecule has 8 nitrogen and oxygen atoms in total. The van der Waals surface area contributed by atoms with Crippen LogP contribution in [0, 0.1) is 12.7 Å². The molecule has 29 heavy (non-hydrogen) atoms. The molecule has 0 radical (unpaired) electrons. The summed E-state index contributed by atoms with van der Waals surface area (Å²) in [5, 5.41) is 12.6. The molecule has 0 saturated carbocycles. The minimum Gasteiger partial charge on any atom is -0.375 e. The van der Waals surface area contributed by atoms with E-state index < -0.39 is 5.82 Å². The van der Waals surface area contributed by atoms with Crippen molar-refractivity contribution in [1.29, 1.82) is 0 Å². The highest BCUT2D eigenvalue weighted by Gasteiger charge is 2.19. The molecule has 0 amide bonds. The SMILES string of the molecule is Cc1nnn(-c2ccc(Cl)cc2F)c1Cn1ncc(N2CCO[C@H](C)C2)cc1=O. The van der Waals surface area contributed by atoms with Crippen molar-refractivity contribution in [2.75, 3.05) is 24.6 Å². The van der Waals surface area contributed by atoms with Crippen molar-refractivity contribution < 1.29 is 9.13 Å². The number of halogens is 2. The molecule has 0 spiro atoms. The predicted molar refractivity (Wildman–Crippen MR) is 106 cm³/mol. The topological polar surface area (TPSA) is 78.1 Å². The van der Waals surface area contributed by atoms with E-state index in [1.807, 2.05) is 6.92 Å². The molecule has 0 aliphatic carbocycles.